The lowest BCUT2D eigenvalue weighted by molar-refractivity contribution is 0.513. The van der Waals surface area contributed by atoms with E-state index in [1.54, 1.807) is 0 Å². The first-order valence-corrected chi connectivity index (χ1v) is 13.0. The van der Waals surface area contributed by atoms with Crippen molar-refractivity contribution in [3.8, 4) is 0 Å². The monoisotopic (exact) mass is 399 g/mol. The largest absolute Gasteiger partial charge is 0.248 e. The average molecular weight is 399 g/mol. The van der Waals surface area contributed by atoms with Crippen molar-refractivity contribution < 1.29 is 0 Å². The van der Waals surface area contributed by atoms with Crippen molar-refractivity contribution in [3.05, 3.63) is 29.6 Å². The molecule has 2 nitrogen and oxygen atoms in total. The molecule has 3 rings (SSSR count). The lowest BCUT2D eigenvalue weighted by atomic mass is 9.66. The summed E-state index contributed by atoms with van der Waals surface area (Å²) in [7, 11) is 2.30. The summed E-state index contributed by atoms with van der Waals surface area (Å²) < 4.78 is 0. The Morgan fingerprint density at radius 1 is 0.963 bits per heavy atom. The summed E-state index contributed by atoms with van der Waals surface area (Å²) in [4.78, 5) is 10.0. The Morgan fingerprint density at radius 3 is 2.41 bits per heavy atom. The summed E-state index contributed by atoms with van der Waals surface area (Å²) in [5.74, 6) is 1.96. The fourth-order valence-corrected chi connectivity index (χ4v) is 5.53. The molecule has 0 aliphatic heterocycles. The summed E-state index contributed by atoms with van der Waals surface area (Å²) in [6, 6.07) is 6.54. The smallest absolute Gasteiger partial charge is 0.151 e. The molecule has 145 valence electrons. The van der Waals surface area contributed by atoms with Crippen LogP contribution in [0.5, 0.6) is 0 Å². The molecule has 1 fully saturated rings. The van der Waals surface area contributed by atoms with Crippen LogP contribution >= 0.6 is 23.5 Å². The molecule has 1 aliphatic carbocycles. The fraction of sp³-hybridized carbons (Fsp3) is 0.636. The Bertz CT molecular complexity index is 715. The normalized spacial score (nSPS) is 16.2. The second kappa shape index (κ2) is 11.4. The molecule has 2 aromatic rings. The molecule has 27 heavy (non-hydrogen) atoms. The molecule has 1 aromatic heterocycles. The van der Waals surface area contributed by atoms with Gasteiger partial charge in [-0.2, -0.15) is 23.5 Å². The lowest BCUT2D eigenvalue weighted by Gasteiger charge is -2.19. The highest BCUT2D eigenvalue weighted by Gasteiger charge is 2.15. The topological polar surface area (TPSA) is 25.8 Å². The first-order chi connectivity index (χ1) is 13.3. The maximum absolute atomic E-state index is 5.03. The first kappa shape index (κ1) is 21.0. The second-order valence-electron chi connectivity index (χ2n) is 7.57. The van der Waals surface area contributed by atoms with E-state index in [1.807, 2.05) is 11.8 Å². The van der Waals surface area contributed by atoms with Crippen molar-refractivity contribution in [3.63, 3.8) is 0 Å². The first-order valence-electron chi connectivity index (χ1n) is 10.5. The summed E-state index contributed by atoms with van der Waals surface area (Å²) in [6.45, 7) is 2.22. The lowest BCUT2D eigenvalue weighted by Crippen LogP contribution is -2.14. The van der Waals surface area contributed by atoms with Crippen LogP contribution in [0.4, 0.5) is 0 Å². The summed E-state index contributed by atoms with van der Waals surface area (Å²) in [5.41, 5.74) is 5.74. The van der Waals surface area contributed by atoms with E-state index >= 15 is 0 Å². The minimum absolute atomic E-state index is 0.802. The van der Waals surface area contributed by atoms with Gasteiger partial charge in [-0.1, -0.05) is 63.3 Å². The zero-order valence-corrected chi connectivity index (χ0v) is 18.5. The number of thioether (sulfide) groups is 2. The molecular weight excluding hydrogens is 367 g/mol. The summed E-state index contributed by atoms with van der Waals surface area (Å²) in [5, 5.41) is 0.802. The molecule has 1 aliphatic rings. The van der Waals surface area contributed by atoms with Gasteiger partial charge in [-0.25, -0.2) is 9.97 Å². The third kappa shape index (κ3) is 6.42. The zero-order chi connectivity index (χ0) is 18.9. The highest BCUT2D eigenvalue weighted by molar-refractivity contribution is 7.99. The van der Waals surface area contributed by atoms with Crippen molar-refractivity contribution in [2.75, 3.05) is 6.26 Å². The number of benzene rings is 1. The van der Waals surface area contributed by atoms with Gasteiger partial charge in [0, 0.05) is 16.8 Å². The number of fused-ring (bicyclic) bond motifs is 1. The van der Waals surface area contributed by atoms with Gasteiger partial charge >= 0.3 is 0 Å². The molecule has 0 unspecified atom stereocenters. The van der Waals surface area contributed by atoms with Crippen molar-refractivity contribution in [1.82, 2.24) is 9.97 Å². The van der Waals surface area contributed by atoms with E-state index in [2.05, 4.69) is 50.4 Å². The highest BCUT2D eigenvalue weighted by Crippen LogP contribution is 2.30. The Labute approximate surface area is 174 Å². The standard InChI is InChI=1S/C22H32BN2S2/c1-3-13-23-17-11-12-19-20(14-17)25-21(15-26-2)22(24-19)16-27-18-9-7-5-4-6-8-10-18/h11-12,14,18H,3-10,13,15-16H2,1-2H3. The Kier molecular flexibility index (Phi) is 8.85. The van der Waals surface area contributed by atoms with E-state index in [-0.39, 0.29) is 0 Å². The molecule has 1 heterocycles. The molecule has 0 N–H and O–H groups in total. The van der Waals surface area contributed by atoms with Crippen LogP contribution in [-0.4, -0.2) is 28.8 Å². The summed E-state index contributed by atoms with van der Waals surface area (Å²) >= 11 is 3.96. The van der Waals surface area contributed by atoms with E-state index in [0.29, 0.717) is 0 Å². The van der Waals surface area contributed by atoms with Crippen LogP contribution < -0.4 is 5.46 Å². The zero-order valence-electron chi connectivity index (χ0n) is 16.9. The summed E-state index contributed by atoms with van der Waals surface area (Å²) in [6.07, 6.45) is 14.3. The van der Waals surface area contributed by atoms with E-state index in [0.717, 1.165) is 34.1 Å². The van der Waals surface area contributed by atoms with Crippen molar-refractivity contribution in [2.24, 2.45) is 0 Å². The molecule has 0 amide bonds. The molecule has 0 bridgehead atoms. The van der Waals surface area contributed by atoms with Gasteiger partial charge in [0.15, 0.2) is 7.28 Å². The molecule has 1 saturated carbocycles. The number of hydrogen-bond acceptors (Lipinski definition) is 4. The molecule has 1 radical (unpaired) electrons. The third-order valence-corrected chi connectivity index (χ3v) is 7.25. The predicted molar refractivity (Wildman–Crippen MR) is 125 cm³/mol. The number of hydrogen-bond donors (Lipinski definition) is 0. The number of aromatic nitrogens is 2. The molecule has 0 saturated heterocycles. The second-order valence-corrected chi connectivity index (χ2v) is 9.72. The van der Waals surface area contributed by atoms with Gasteiger partial charge in [-0.3, -0.25) is 0 Å². The van der Waals surface area contributed by atoms with Crippen LogP contribution in [0.25, 0.3) is 11.0 Å². The average Bonchev–Trinajstić information content (AvgIpc) is 2.65. The predicted octanol–water partition coefficient (Wildman–Crippen LogP) is 6.00. The van der Waals surface area contributed by atoms with Crippen LogP contribution in [-0.2, 0) is 11.5 Å². The molecule has 5 heteroatoms. The number of rotatable bonds is 8. The molecule has 1 aromatic carbocycles. The van der Waals surface area contributed by atoms with Crippen LogP contribution in [0.2, 0.25) is 6.32 Å². The SMILES string of the molecule is CCC[B]c1ccc2nc(CSC3CCCCCCC3)c(CSC)nc2c1. The van der Waals surface area contributed by atoms with Crippen LogP contribution in [0.3, 0.4) is 0 Å². The maximum Gasteiger partial charge on any atom is 0.151 e. The van der Waals surface area contributed by atoms with Gasteiger partial charge < -0.3 is 0 Å². The Hall–Kier alpha value is -0.675. The van der Waals surface area contributed by atoms with Crippen molar-refractivity contribution in [2.45, 2.75) is 81.4 Å². The van der Waals surface area contributed by atoms with E-state index < -0.39 is 0 Å². The van der Waals surface area contributed by atoms with Gasteiger partial charge in [-0.15, -0.1) is 0 Å². The van der Waals surface area contributed by atoms with Crippen molar-refractivity contribution in [1.29, 1.82) is 0 Å². The Morgan fingerprint density at radius 2 is 1.67 bits per heavy atom. The number of nitrogens with zero attached hydrogens (tertiary/aromatic N) is 2. The van der Waals surface area contributed by atoms with Crippen LogP contribution in [0.15, 0.2) is 18.2 Å². The van der Waals surface area contributed by atoms with Gasteiger partial charge in [0.25, 0.3) is 0 Å². The quantitative estimate of drug-likeness (QED) is 0.509. The molecular formula is C22H32BN2S2. The fourth-order valence-electron chi connectivity index (χ4n) is 3.73. The molecule has 0 spiro atoms. The van der Waals surface area contributed by atoms with Crippen LogP contribution in [0.1, 0.15) is 69.7 Å². The highest BCUT2D eigenvalue weighted by atomic mass is 32.2. The van der Waals surface area contributed by atoms with Gasteiger partial charge in [0.1, 0.15) is 0 Å². The molecule has 0 atom stereocenters. The third-order valence-electron chi connectivity index (χ3n) is 5.30. The van der Waals surface area contributed by atoms with Gasteiger partial charge in [0.2, 0.25) is 0 Å². The van der Waals surface area contributed by atoms with Gasteiger partial charge in [0.05, 0.1) is 22.4 Å². The van der Waals surface area contributed by atoms with E-state index in [4.69, 9.17) is 9.97 Å². The van der Waals surface area contributed by atoms with Crippen molar-refractivity contribution >= 4 is 47.3 Å². The van der Waals surface area contributed by atoms with E-state index in [9.17, 15) is 0 Å². The van der Waals surface area contributed by atoms with Crippen LogP contribution in [0, 0.1) is 0 Å². The Balaban J connectivity index is 1.75. The van der Waals surface area contributed by atoms with E-state index in [1.165, 1.54) is 68.2 Å². The maximum atomic E-state index is 5.03. The minimum atomic E-state index is 0.802. The minimum Gasteiger partial charge on any atom is -0.248 e. The van der Waals surface area contributed by atoms with Gasteiger partial charge in [-0.05, 0) is 31.2 Å².